The van der Waals surface area contributed by atoms with Crippen LogP contribution in [0.4, 0.5) is 0 Å². The highest BCUT2D eigenvalue weighted by Crippen LogP contribution is 1.99. The largest absolute Gasteiger partial charge is 0.357 e. The molecule has 1 unspecified atom stereocenters. The molecule has 0 spiro atoms. The van der Waals surface area contributed by atoms with E-state index in [2.05, 4.69) is 55.5 Å². The molecule has 0 heterocycles. The number of nitrogens with zero attached hydrogens (tertiary/aromatic N) is 1. The first-order valence-corrected chi connectivity index (χ1v) is 6.27. The fourth-order valence-corrected chi connectivity index (χ4v) is 1.12. The summed E-state index contributed by atoms with van der Waals surface area (Å²) in [4.78, 5) is 4.52. The smallest absolute Gasteiger partial charge is 0.191 e. The van der Waals surface area contributed by atoms with Crippen LogP contribution in [0.3, 0.4) is 0 Å². The Balaban J connectivity index is 4.13. The van der Waals surface area contributed by atoms with Gasteiger partial charge in [-0.25, -0.2) is 0 Å². The molecule has 0 amide bonds. The van der Waals surface area contributed by atoms with Crippen LogP contribution in [-0.2, 0) is 0 Å². The standard InChI is InChI=1S/C13H27N3/c1-6-8-9-10-15-13(14-7-2)16-12(5)11(3)4/h6,8,11-12H,7,9-10H2,1-5H3,(H2,14,15,16). The Morgan fingerprint density at radius 3 is 2.50 bits per heavy atom. The summed E-state index contributed by atoms with van der Waals surface area (Å²) in [6.45, 7) is 12.5. The third-order valence-corrected chi connectivity index (χ3v) is 2.51. The van der Waals surface area contributed by atoms with E-state index in [1.165, 1.54) is 0 Å². The number of aliphatic imine (C=N–C) groups is 1. The first kappa shape index (κ1) is 15.0. The lowest BCUT2D eigenvalue weighted by Gasteiger charge is -2.20. The first-order valence-electron chi connectivity index (χ1n) is 6.27. The topological polar surface area (TPSA) is 36.4 Å². The molecule has 0 rings (SSSR count). The highest BCUT2D eigenvalue weighted by atomic mass is 15.2. The molecular formula is C13H27N3. The summed E-state index contributed by atoms with van der Waals surface area (Å²) in [7, 11) is 0. The maximum atomic E-state index is 4.52. The van der Waals surface area contributed by atoms with Gasteiger partial charge in [0.1, 0.15) is 0 Å². The van der Waals surface area contributed by atoms with E-state index >= 15 is 0 Å². The van der Waals surface area contributed by atoms with Crippen molar-refractivity contribution in [3.63, 3.8) is 0 Å². The zero-order valence-corrected chi connectivity index (χ0v) is 11.4. The van der Waals surface area contributed by atoms with E-state index in [9.17, 15) is 0 Å². The molecule has 3 nitrogen and oxygen atoms in total. The van der Waals surface area contributed by atoms with Gasteiger partial charge in [-0.15, -0.1) is 0 Å². The van der Waals surface area contributed by atoms with Crippen molar-refractivity contribution in [2.75, 3.05) is 13.1 Å². The monoisotopic (exact) mass is 225 g/mol. The molecule has 0 aliphatic rings. The zero-order valence-electron chi connectivity index (χ0n) is 11.4. The number of rotatable bonds is 6. The van der Waals surface area contributed by atoms with Crippen LogP contribution in [0.25, 0.3) is 0 Å². The molecule has 0 aromatic carbocycles. The highest BCUT2D eigenvalue weighted by Gasteiger charge is 2.08. The van der Waals surface area contributed by atoms with E-state index in [-0.39, 0.29) is 0 Å². The maximum Gasteiger partial charge on any atom is 0.191 e. The van der Waals surface area contributed by atoms with Crippen LogP contribution >= 0.6 is 0 Å². The van der Waals surface area contributed by atoms with E-state index in [0.29, 0.717) is 12.0 Å². The Bertz CT molecular complexity index is 219. The minimum absolute atomic E-state index is 0.444. The second-order valence-corrected chi connectivity index (χ2v) is 4.30. The number of guanidine groups is 1. The van der Waals surface area contributed by atoms with Gasteiger partial charge in [-0.3, -0.25) is 4.99 Å². The predicted molar refractivity (Wildman–Crippen MR) is 72.8 cm³/mol. The Morgan fingerprint density at radius 1 is 1.31 bits per heavy atom. The van der Waals surface area contributed by atoms with Crippen LogP contribution in [-0.4, -0.2) is 25.1 Å². The Labute approximate surface area is 100 Å². The molecule has 0 saturated heterocycles. The van der Waals surface area contributed by atoms with Gasteiger partial charge in [0, 0.05) is 19.1 Å². The lowest BCUT2D eigenvalue weighted by atomic mass is 10.1. The lowest BCUT2D eigenvalue weighted by molar-refractivity contribution is 0.481. The van der Waals surface area contributed by atoms with E-state index in [4.69, 9.17) is 0 Å². The van der Waals surface area contributed by atoms with Crippen LogP contribution in [0.5, 0.6) is 0 Å². The van der Waals surface area contributed by atoms with Crippen LogP contribution in [0.2, 0.25) is 0 Å². The summed E-state index contributed by atoms with van der Waals surface area (Å²) in [6, 6.07) is 0.444. The second kappa shape index (κ2) is 9.25. The molecule has 3 heteroatoms. The average molecular weight is 225 g/mol. The summed E-state index contributed by atoms with van der Waals surface area (Å²) < 4.78 is 0. The van der Waals surface area contributed by atoms with Crippen molar-refractivity contribution in [1.82, 2.24) is 10.6 Å². The number of nitrogens with one attached hydrogen (secondary N) is 2. The first-order chi connectivity index (χ1) is 7.61. The summed E-state index contributed by atoms with van der Waals surface area (Å²) in [5.74, 6) is 1.53. The van der Waals surface area contributed by atoms with E-state index < -0.39 is 0 Å². The molecule has 0 aromatic heterocycles. The van der Waals surface area contributed by atoms with Gasteiger partial charge in [-0.1, -0.05) is 26.0 Å². The van der Waals surface area contributed by atoms with Crippen LogP contribution in [0, 0.1) is 5.92 Å². The summed E-state index contributed by atoms with van der Waals surface area (Å²) in [5.41, 5.74) is 0. The van der Waals surface area contributed by atoms with Crippen LogP contribution in [0.1, 0.15) is 41.0 Å². The Hall–Kier alpha value is -0.990. The third kappa shape index (κ3) is 7.32. The number of allylic oxidation sites excluding steroid dienone is 1. The molecular weight excluding hydrogens is 198 g/mol. The SMILES string of the molecule is CC=CCCN=C(NCC)NC(C)C(C)C. The van der Waals surface area contributed by atoms with Crippen LogP contribution < -0.4 is 10.6 Å². The van der Waals surface area contributed by atoms with Crippen molar-refractivity contribution in [1.29, 1.82) is 0 Å². The maximum absolute atomic E-state index is 4.52. The van der Waals surface area contributed by atoms with Gasteiger partial charge in [0.15, 0.2) is 5.96 Å². The predicted octanol–water partition coefficient (Wildman–Crippen LogP) is 2.55. The molecule has 0 aliphatic heterocycles. The Kier molecular flexibility index (Phi) is 8.68. The lowest BCUT2D eigenvalue weighted by Crippen LogP contribution is -2.44. The van der Waals surface area contributed by atoms with Gasteiger partial charge in [0.05, 0.1) is 0 Å². The second-order valence-electron chi connectivity index (χ2n) is 4.30. The molecule has 16 heavy (non-hydrogen) atoms. The molecule has 2 N–H and O–H groups in total. The molecule has 0 fully saturated rings. The van der Waals surface area contributed by atoms with Gasteiger partial charge in [-0.2, -0.15) is 0 Å². The Morgan fingerprint density at radius 2 is 2.00 bits per heavy atom. The van der Waals surface area contributed by atoms with Gasteiger partial charge in [0.2, 0.25) is 0 Å². The molecule has 0 saturated carbocycles. The van der Waals surface area contributed by atoms with E-state index in [0.717, 1.165) is 25.5 Å². The quantitative estimate of drug-likeness (QED) is 0.315. The molecule has 0 radical (unpaired) electrons. The van der Waals surface area contributed by atoms with Crippen molar-refractivity contribution < 1.29 is 0 Å². The minimum atomic E-state index is 0.444. The minimum Gasteiger partial charge on any atom is -0.357 e. The molecule has 1 atom stereocenters. The van der Waals surface area contributed by atoms with Crippen LogP contribution in [0.15, 0.2) is 17.1 Å². The van der Waals surface area contributed by atoms with Crippen molar-refractivity contribution in [3.8, 4) is 0 Å². The highest BCUT2D eigenvalue weighted by molar-refractivity contribution is 5.80. The molecule has 0 bridgehead atoms. The fourth-order valence-electron chi connectivity index (χ4n) is 1.12. The third-order valence-electron chi connectivity index (χ3n) is 2.51. The summed E-state index contributed by atoms with van der Waals surface area (Å²) in [5, 5.41) is 6.67. The van der Waals surface area contributed by atoms with E-state index in [1.807, 2.05) is 6.92 Å². The summed E-state index contributed by atoms with van der Waals surface area (Å²) in [6.07, 6.45) is 5.20. The van der Waals surface area contributed by atoms with E-state index in [1.54, 1.807) is 0 Å². The van der Waals surface area contributed by atoms with Gasteiger partial charge < -0.3 is 10.6 Å². The molecule has 94 valence electrons. The number of hydrogen-bond acceptors (Lipinski definition) is 1. The van der Waals surface area contributed by atoms with Crippen molar-refractivity contribution in [3.05, 3.63) is 12.2 Å². The molecule has 0 aromatic rings. The number of hydrogen-bond donors (Lipinski definition) is 2. The van der Waals surface area contributed by atoms with Crippen molar-refractivity contribution in [2.24, 2.45) is 10.9 Å². The van der Waals surface area contributed by atoms with Crippen molar-refractivity contribution in [2.45, 2.75) is 47.1 Å². The summed E-state index contributed by atoms with van der Waals surface area (Å²) >= 11 is 0. The zero-order chi connectivity index (χ0) is 12.4. The van der Waals surface area contributed by atoms with Crippen molar-refractivity contribution >= 4 is 5.96 Å². The normalized spacial score (nSPS) is 14.5. The van der Waals surface area contributed by atoms with Gasteiger partial charge >= 0.3 is 0 Å². The fraction of sp³-hybridized carbons (Fsp3) is 0.769. The molecule has 0 aliphatic carbocycles. The average Bonchev–Trinajstić information content (AvgIpc) is 2.24. The van der Waals surface area contributed by atoms with Gasteiger partial charge in [0.25, 0.3) is 0 Å². The van der Waals surface area contributed by atoms with Gasteiger partial charge in [-0.05, 0) is 33.1 Å².